The summed E-state index contributed by atoms with van der Waals surface area (Å²) in [6.45, 7) is 3.98. The van der Waals surface area contributed by atoms with E-state index in [1.165, 1.54) is 0 Å². The molecule has 4 rings (SSSR count). The number of carbonyl (C=O) groups excluding carboxylic acids is 2. The van der Waals surface area contributed by atoms with Gasteiger partial charge >= 0.3 is 5.97 Å². The molecule has 1 N–H and O–H groups in total. The fourth-order valence-electron chi connectivity index (χ4n) is 4.42. The molecule has 2 aliphatic carbocycles. The molecule has 5 heteroatoms. The highest BCUT2D eigenvalue weighted by atomic mass is 79.9. The van der Waals surface area contributed by atoms with Gasteiger partial charge in [-0.2, -0.15) is 0 Å². The average molecular weight is 364 g/mol. The molecule has 1 aromatic carbocycles. The molecule has 6 atom stereocenters. The summed E-state index contributed by atoms with van der Waals surface area (Å²) in [7, 11) is 0. The number of anilines is 1. The number of carbonyl (C=O) groups is 2. The van der Waals surface area contributed by atoms with E-state index in [1.807, 2.05) is 32.0 Å². The molecule has 0 unspecified atom stereocenters. The van der Waals surface area contributed by atoms with Crippen molar-refractivity contribution in [1.82, 2.24) is 0 Å². The lowest BCUT2D eigenvalue weighted by Crippen LogP contribution is -2.40. The number of fused-ring (bicyclic) bond motifs is 1. The van der Waals surface area contributed by atoms with Crippen LogP contribution in [0.5, 0.6) is 0 Å². The smallest absolute Gasteiger partial charge is 0.310 e. The molecule has 2 saturated carbocycles. The number of esters is 1. The Morgan fingerprint density at radius 3 is 2.86 bits per heavy atom. The number of aryl methyl sites for hydroxylation is 2. The third-order valence-electron chi connectivity index (χ3n) is 5.48. The van der Waals surface area contributed by atoms with Crippen LogP contribution in [0.4, 0.5) is 5.69 Å². The fraction of sp³-hybridized carbons (Fsp3) is 0.529. The van der Waals surface area contributed by atoms with Gasteiger partial charge in [0.1, 0.15) is 6.10 Å². The van der Waals surface area contributed by atoms with Crippen molar-refractivity contribution in [2.24, 2.45) is 23.7 Å². The summed E-state index contributed by atoms with van der Waals surface area (Å²) in [6, 6.07) is 6.00. The van der Waals surface area contributed by atoms with Crippen LogP contribution in [-0.2, 0) is 14.3 Å². The van der Waals surface area contributed by atoms with Crippen molar-refractivity contribution in [1.29, 1.82) is 0 Å². The van der Waals surface area contributed by atoms with E-state index in [0.29, 0.717) is 0 Å². The first-order chi connectivity index (χ1) is 10.5. The molecular formula is C17H18BrNO3. The SMILES string of the molecule is Cc1ccc(C)c(NC(=O)[C@@H]2[C@H]3C[C@H]4[C@H](OC(=O)[C@@H]42)[C@H]3Br)c1. The van der Waals surface area contributed by atoms with Crippen LogP contribution >= 0.6 is 15.9 Å². The maximum Gasteiger partial charge on any atom is 0.310 e. The number of benzene rings is 1. The monoisotopic (exact) mass is 363 g/mol. The fourth-order valence-corrected chi connectivity index (χ4v) is 5.46. The Kier molecular flexibility index (Phi) is 3.12. The Morgan fingerprint density at radius 1 is 1.32 bits per heavy atom. The van der Waals surface area contributed by atoms with Crippen LogP contribution in [0.15, 0.2) is 18.2 Å². The number of hydrogen-bond donors (Lipinski definition) is 1. The zero-order valence-electron chi connectivity index (χ0n) is 12.5. The van der Waals surface area contributed by atoms with Gasteiger partial charge in [0.25, 0.3) is 0 Å². The van der Waals surface area contributed by atoms with Gasteiger partial charge in [0.15, 0.2) is 0 Å². The van der Waals surface area contributed by atoms with Crippen LogP contribution in [0, 0.1) is 37.5 Å². The number of nitrogens with one attached hydrogen (secondary N) is 1. The van der Waals surface area contributed by atoms with E-state index in [0.717, 1.165) is 23.2 Å². The second-order valence-corrected chi connectivity index (χ2v) is 7.83. The van der Waals surface area contributed by atoms with Gasteiger partial charge in [0, 0.05) is 11.6 Å². The largest absolute Gasteiger partial charge is 0.461 e. The molecule has 0 spiro atoms. The molecule has 1 aliphatic heterocycles. The third kappa shape index (κ3) is 1.87. The quantitative estimate of drug-likeness (QED) is 0.649. The van der Waals surface area contributed by atoms with Gasteiger partial charge in [-0.05, 0) is 43.4 Å². The van der Waals surface area contributed by atoms with Crippen LogP contribution in [0.25, 0.3) is 0 Å². The van der Waals surface area contributed by atoms with E-state index in [-0.39, 0.29) is 46.5 Å². The normalized spacial score (nSPS) is 38.2. The van der Waals surface area contributed by atoms with Gasteiger partial charge < -0.3 is 10.1 Å². The number of alkyl halides is 1. The van der Waals surface area contributed by atoms with Gasteiger partial charge in [0.2, 0.25) is 5.91 Å². The summed E-state index contributed by atoms with van der Waals surface area (Å²) in [4.78, 5) is 25.0. The highest BCUT2D eigenvalue weighted by Crippen LogP contribution is 2.60. The minimum Gasteiger partial charge on any atom is -0.461 e. The molecule has 4 nitrogen and oxygen atoms in total. The molecule has 3 aliphatic rings. The first-order valence-electron chi connectivity index (χ1n) is 7.70. The van der Waals surface area contributed by atoms with E-state index in [1.54, 1.807) is 0 Å². The molecule has 3 fully saturated rings. The van der Waals surface area contributed by atoms with Crippen LogP contribution in [0.3, 0.4) is 0 Å². The van der Waals surface area contributed by atoms with Crippen molar-refractivity contribution in [3.8, 4) is 0 Å². The minimum absolute atomic E-state index is 0.0349. The Morgan fingerprint density at radius 2 is 2.09 bits per heavy atom. The van der Waals surface area contributed by atoms with Crippen LogP contribution < -0.4 is 5.32 Å². The lowest BCUT2D eigenvalue weighted by atomic mass is 9.79. The molecule has 0 radical (unpaired) electrons. The van der Waals surface area contributed by atoms with Gasteiger partial charge in [0.05, 0.1) is 16.7 Å². The van der Waals surface area contributed by atoms with E-state index < -0.39 is 0 Å². The van der Waals surface area contributed by atoms with Crippen LogP contribution in [-0.4, -0.2) is 22.8 Å². The van der Waals surface area contributed by atoms with Crippen molar-refractivity contribution in [3.05, 3.63) is 29.3 Å². The Bertz CT molecular complexity index is 674. The van der Waals surface area contributed by atoms with Crippen molar-refractivity contribution in [2.75, 3.05) is 5.32 Å². The van der Waals surface area contributed by atoms with Crippen molar-refractivity contribution in [3.63, 3.8) is 0 Å². The highest BCUT2D eigenvalue weighted by Gasteiger charge is 2.67. The Hall–Kier alpha value is -1.36. The predicted molar refractivity (Wildman–Crippen MR) is 85.7 cm³/mol. The molecule has 1 saturated heterocycles. The van der Waals surface area contributed by atoms with Crippen molar-refractivity contribution in [2.45, 2.75) is 31.2 Å². The molecule has 0 aromatic heterocycles. The number of rotatable bonds is 2. The lowest BCUT2D eigenvalue weighted by molar-refractivity contribution is -0.145. The van der Waals surface area contributed by atoms with Gasteiger partial charge in [-0.3, -0.25) is 9.59 Å². The molecule has 22 heavy (non-hydrogen) atoms. The van der Waals surface area contributed by atoms with Gasteiger partial charge in [-0.25, -0.2) is 0 Å². The summed E-state index contributed by atoms with van der Waals surface area (Å²) >= 11 is 3.64. The topological polar surface area (TPSA) is 55.4 Å². The molecule has 116 valence electrons. The summed E-state index contributed by atoms with van der Waals surface area (Å²) in [5.74, 6) is -0.379. The molecular weight excluding hydrogens is 346 g/mol. The molecule has 1 amide bonds. The van der Waals surface area contributed by atoms with E-state index >= 15 is 0 Å². The first-order valence-corrected chi connectivity index (χ1v) is 8.61. The van der Waals surface area contributed by atoms with Gasteiger partial charge in [-0.15, -0.1) is 0 Å². The zero-order chi connectivity index (χ0) is 15.6. The maximum absolute atomic E-state index is 12.8. The third-order valence-corrected chi connectivity index (χ3v) is 6.68. The summed E-state index contributed by atoms with van der Waals surface area (Å²) < 4.78 is 5.46. The zero-order valence-corrected chi connectivity index (χ0v) is 14.1. The number of ether oxygens (including phenoxy) is 1. The lowest BCUT2D eigenvalue weighted by Gasteiger charge is -2.27. The number of hydrogen-bond acceptors (Lipinski definition) is 3. The second-order valence-electron chi connectivity index (χ2n) is 6.77. The predicted octanol–water partition coefficient (Wildman–Crippen LogP) is 2.81. The summed E-state index contributed by atoms with van der Waals surface area (Å²) in [5, 5.41) is 3.03. The maximum atomic E-state index is 12.8. The standard InChI is InChI=1S/C17H18BrNO3/c1-7-3-4-8(2)11(5-7)19-16(20)12-9-6-10-13(12)17(21)22-15(10)14(9)18/h3-5,9-10,12-15H,6H2,1-2H3,(H,19,20)/t9-,10-,12-,13+,14+,15+/m1/s1. The van der Waals surface area contributed by atoms with Crippen molar-refractivity contribution < 1.29 is 14.3 Å². The molecule has 2 bridgehead atoms. The number of amides is 1. The van der Waals surface area contributed by atoms with Crippen LogP contribution in [0.1, 0.15) is 17.5 Å². The molecule has 1 aromatic rings. The second kappa shape index (κ2) is 4.82. The number of halogens is 1. The van der Waals surface area contributed by atoms with Crippen LogP contribution in [0.2, 0.25) is 0 Å². The summed E-state index contributed by atoms with van der Waals surface area (Å²) in [6.07, 6.45) is 0.870. The summed E-state index contributed by atoms with van der Waals surface area (Å²) in [5.41, 5.74) is 2.97. The molecule has 1 heterocycles. The minimum atomic E-state index is -0.277. The van der Waals surface area contributed by atoms with E-state index in [2.05, 4.69) is 21.2 Å². The Labute approximate surface area is 137 Å². The first kappa shape index (κ1) is 14.2. The van der Waals surface area contributed by atoms with Crippen molar-refractivity contribution >= 4 is 33.5 Å². The average Bonchev–Trinajstić information content (AvgIpc) is 3.07. The van der Waals surface area contributed by atoms with E-state index in [9.17, 15) is 9.59 Å². The van der Waals surface area contributed by atoms with Gasteiger partial charge in [-0.1, -0.05) is 28.1 Å². The van der Waals surface area contributed by atoms with E-state index in [4.69, 9.17) is 4.74 Å². The Balaban J connectivity index is 1.61. The highest BCUT2D eigenvalue weighted by molar-refractivity contribution is 9.09.